The molecular weight excluding hydrogens is 329 g/mol. The first kappa shape index (κ1) is 17.1. The molecule has 0 aromatic heterocycles. The summed E-state index contributed by atoms with van der Waals surface area (Å²) in [5.74, 6) is -0.666. The van der Waals surface area contributed by atoms with Crippen LogP contribution >= 0.6 is 0 Å². The van der Waals surface area contributed by atoms with Crippen molar-refractivity contribution in [3.05, 3.63) is 66.0 Å². The van der Waals surface area contributed by atoms with E-state index in [0.29, 0.717) is 0 Å². The van der Waals surface area contributed by atoms with Crippen LogP contribution in [-0.4, -0.2) is 33.9 Å². The van der Waals surface area contributed by atoms with E-state index >= 15 is 0 Å². The molecule has 3 atom stereocenters. The van der Waals surface area contributed by atoms with Gasteiger partial charge in [0.05, 0.1) is 16.8 Å². The SMILES string of the molecule is COCC1(CN)C(c2ccc(F)cc2)C1S(=O)(=O)c1ccccc1. The first-order valence-electron chi connectivity index (χ1n) is 7.71. The molecule has 2 aromatic rings. The average molecular weight is 349 g/mol. The van der Waals surface area contributed by atoms with E-state index in [1.165, 1.54) is 19.2 Å². The van der Waals surface area contributed by atoms with E-state index in [2.05, 4.69) is 0 Å². The highest BCUT2D eigenvalue weighted by molar-refractivity contribution is 7.92. The Morgan fingerprint density at radius 1 is 1.12 bits per heavy atom. The summed E-state index contributed by atoms with van der Waals surface area (Å²) in [6, 6.07) is 14.3. The third kappa shape index (κ3) is 2.64. The molecule has 24 heavy (non-hydrogen) atoms. The third-order valence-corrected chi connectivity index (χ3v) is 7.15. The van der Waals surface area contributed by atoms with E-state index in [1.807, 2.05) is 0 Å². The molecule has 0 saturated heterocycles. The predicted octanol–water partition coefficient (Wildman–Crippen LogP) is 2.36. The maximum Gasteiger partial charge on any atom is 0.182 e. The van der Waals surface area contributed by atoms with E-state index in [-0.39, 0.29) is 29.8 Å². The normalized spacial score (nSPS) is 26.3. The van der Waals surface area contributed by atoms with Crippen molar-refractivity contribution in [2.75, 3.05) is 20.3 Å². The fraction of sp³-hybridized carbons (Fsp3) is 0.333. The summed E-state index contributed by atoms with van der Waals surface area (Å²) in [5, 5.41) is -0.678. The van der Waals surface area contributed by atoms with Crippen LogP contribution in [-0.2, 0) is 14.6 Å². The van der Waals surface area contributed by atoms with Gasteiger partial charge in [-0.05, 0) is 29.8 Å². The zero-order valence-corrected chi connectivity index (χ0v) is 14.2. The highest BCUT2D eigenvalue weighted by atomic mass is 32.2. The lowest BCUT2D eigenvalue weighted by atomic mass is 10.00. The molecule has 0 bridgehead atoms. The minimum Gasteiger partial charge on any atom is -0.384 e. The van der Waals surface area contributed by atoms with Crippen molar-refractivity contribution in [1.82, 2.24) is 0 Å². The number of rotatable bonds is 6. The number of hydrogen-bond donors (Lipinski definition) is 1. The van der Waals surface area contributed by atoms with Gasteiger partial charge in [-0.3, -0.25) is 0 Å². The Hall–Kier alpha value is -1.76. The van der Waals surface area contributed by atoms with Gasteiger partial charge < -0.3 is 10.5 Å². The number of hydrogen-bond acceptors (Lipinski definition) is 4. The molecule has 0 spiro atoms. The molecule has 3 rings (SSSR count). The molecule has 2 aromatic carbocycles. The van der Waals surface area contributed by atoms with Crippen molar-refractivity contribution in [2.24, 2.45) is 11.1 Å². The minimum atomic E-state index is -3.57. The summed E-state index contributed by atoms with van der Waals surface area (Å²) < 4.78 is 44.7. The van der Waals surface area contributed by atoms with Crippen molar-refractivity contribution in [3.63, 3.8) is 0 Å². The minimum absolute atomic E-state index is 0.180. The largest absolute Gasteiger partial charge is 0.384 e. The van der Waals surface area contributed by atoms with Crippen LogP contribution in [0.3, 0.4) is 0 Å². The Labute approximate surface area is 141 Å². The molecule has 128 valence electrons. The Balaban J connectivity index is 2.05. The Morgan fingerprint density at radius 3 is 2.29 bits per heavy atom. The van der Waals surface area contributed by atoms with Crippen LogP contribution in [0.2, 0.25) is 0 Å². The summed E-state index contributed by atoms with van der Waals surface area (Å²) in [4.78, 5) is 0.272. The average Bonchev–Trinajstić information content (AvgIpc) is 3.26. The van der Waals surface area contributed by atoms with Gasteiger partial charge in [-0.15, -0.1) is 0 Å². The second kappa shape index (κ2) is 6.27. The fourth-order valence-electron chi connectivity index (χ4n) is 3.62. The van der Waals surface area contributed by atoms with Crippen LogP contribution in [0, 0.1) is 11.2 Å². The van der Waals surface area contributed by atoms with Crippen molar-refractivity contribution in [3.8, 4) is 0 Å². The monoisotopic (exact) mass is 349 g/mol. The molecule has 2 N–H and O–H groups in total. The number of sulfone groups is 1. The van der Waals surface area contributed by atoms with Gasteiger partial charge in [0.2, 0.25) is 0 Å². The summed E-state index contributed by atoms with van der Waals surface area (Å²) >= 11 is 0. The van der Waals surface area contributed by atoms with Gasteiger partial charge in [0.1, 0.15) is 5.82 Å². The number of halogens is 1. The van der Waals surface area contributed by atoms with E-state index in [0.717, 1.165) is 5.56 Å². The first-order valence-corrected chi connectivity index (χ1v) is 9.25. The highest BCUT2D eigenvalue weighted by Crippen LogP contribution is 2.63. The summed E-state index contributed by atoms with van der Waals surface area (Å²) in [6.45, 7) is 0.419. The van der Waals surface area contributed by atoms with Crippen LogP contribution in [0.25, 0.3) is 0 Å². The molecule has 1 saturated carbocycles. The Kier molecular flexibility index (Phi) is 4.46. The fourth-order valence-corrected chi connectivity index (χ4v) is 6.08. The topological polar surface area (TPSA) is 69.4 Å². The molecule has 0 amide bonds. The van der Waals surface area contributed by atoms with Gasteiger partial charge in [0, 0.05) is 25.0 Å². The molecule has 3 unspecified atom stereocenters. The van der Waals surface area contributed by atoms with Gasteiger partial charge in [-0.25, -0.2) is 12.8 Å². The smallest absolute Gasteiger partial charge is 0.182 e. The van der Waals surface area contributed by atoms with E-state index in [4.69, 9.17) is 10.5 Å². The molecular formula is C18H20FNO3S. The summed E-state index contributed by atoms with van der Waals surface area (Å²) in [6.07, 6.45) is 0. The summed E-state index contributed by atoms with van der Waals surface area (Å²) in [7, 11) is -2.04. The standard InChI is InChI=1S/C18H20FNO3S/c1-23-12-18(11-20)16(13-7-9-14(19)10-8-13)17(18)24(21,22)15-5-3-2-4-6-15/h2-10,16-17H,11-12,20H2,1H3. The molecule has 4 nitrogen and oxygen atoms in total. The first-order chi connectivity index (χ1) is 11.5. The molecule has 0 aliphatic heterocycles. The lowest BCUT2D eigenvalue weighted by Gasteiger charge is -2.14. The van der Waals surface area contributed by atoms with Gasteiger partial charge in [0.25, 0.3) is 0 Å². The van der Waals surface area contributed by atoms with Crippen LogP contribution in [0.5, 0.6) is 0 Å². The molecule has 0 heterocycles. The number of methoxy groups -OCH3 is 1. The van der Waals surface area contributed by atoms with Crippen molar-refractivity contribution in [2.45, 2.75) is 16.1 Å². The van der Waals surface area contributed by atoms with Gasteiger partial charge in [0.15, 0.2) is 9.84 Å². The maximum absolute atomic E-state index is 13.2. The third-order valence-electron chi connectivity index (χ3n) is 4.81. The Morgan fingerprint density at radius 2 is 1.75 bits per heavy atom. The van der Waals surface area contributed by atoms with E-state index < -0.39 is 20.5 Å². The lowest BCUT2D eigenvalue weighted by molar-refractivity contribution is 0.142. The maximum atomic E-state index is 13.2. The molecule has 1 aliphatic carbocycles. The van der Waals surface area contributed by atoms with E-state index in [1.54, 1.807) is 42.5 Å². The number of nitrogens with two attached hydrogens (primary N) is 1. The molecule has 1 aliphatic rings. The van der Waals surface area contributed by atoms with Crippen molar-refractivity contribution in [1.29, 1.82) is 0 Å². The second-order valence-corrected chi connectivity index (χ2v) is 8.25. The zero-order valence-electron chi connectivity index (χ0n) is 13.4. The van der Waals surface area contributed by atoms with Crippen LogP contribution in [0.4, 0.5) is 4.39 Å². The molecule has 0 radical (unpaired) electrons. The summed E-state index contributed by atoms with van der Waals surface area (Å²) in [5.41, 5.74) is 6.03. The molecule has 6 heteroatoms. The van der Waals surface area contributed by atoms with E-state index in [9.17, 15) is 12.8 Å². The molecule has 1 fully saturated rings. The van der Waals surface area contributed by atoms with Crippen molar-refractivity contribution < 1.29 is 17.5 Å². The lowest BCUT2D eigenvalue weighted by Crippen LogP contribution is -2.28. The number of ether oxygens (including phenoxy) is 1. The van der Waals surface area contributed by atoms with Crippen LogP contribution in [0.1, 0.15) is 11.5 Å². The van der Waals surface area contributed by atoms with Gasteiger partial charge in [-0.1, -0.05) is 30.3 Å². The van der Waals surface area contributed by atoms with Crippen molar-refractivity contribution >= 4 is 9.84 Å². The number of benzene rings is 2. The highest BCUT2D eigenvalue weighted by Gasteiger charge is 2.70. The van der Waals surface area contributed by atoms with Gasteiger partial charge in [-0.2, -0.15) is 0 Å². The second-order valence-electron chi connectivity index (χ2n) is 6.18. The van der Waals surface area contributed by atoms with Crippen LogP contribution in [0.15, 0.2) is 59.5 Å². The Bertz CT molecular complexity index is 808. The quantitative estimate of drug-likeness (QED) is 0.869. The van der Waals surface area contributed by atoms with Gasteiger partial charge >= 0.3 is 0 Å². The zero-order chi connectivity index (χ0) is 17.4. The van der Waals surface area contributed by atoms with Crippen LogP contribution < -0.4 is 5.73 Å². The predicted molar refractivity (Wildman–Crippen MR) is 89.9 cm³/mol.